The predicted octanol–water partition coefficient (Wildman–Crippen LogP) is 1.41. The first kappa shape index (κ1) is 14.9. The van der Waals surface area contributed by atoms with Crippen molar-refractivity contribution in [3.63, 3.8) is 0 Å². The molecule has 1 N–H and O–H groups in total. The van der Waals surface area contributed by atoms with Crippen molar-refractivity contribution in [1.29, 1.82) is 0 Å². The topological polar surface area (TPSA) is 67.6 Å². The molecule has 0 radical (unpaired) electrons. The molecular formula is C14H21N3O3. The van der Waals surface area contributed by atoms with E-state index in [1.807, 2.05) is 0 Å². The van der Waals surface area contributed by atoms with E-state index in [0.29, 0.717) is 0 Å². The minimum atomic E-state index is -0.375. The van der Waals surface area contributed by atoms with Crippen LogP contribution in [0.1, 0.15) is 12.0 Å². The van der Waals surface area contributed by atoms with E-state index in [-0.39, 0.29) is 10.6 Å². The molecule has 1 saturated heterocycles. The van der Waals surface area contributed by atoms with Crippen molar-refractivity contribution in [1.82, 2.24) is 10.2 Å². The number of nitro benzene ring substituents is 1. The van der Waals surface area contributed by atoms with Crippen LogP contribution in [-0.2, 0) is 11.3 Å². The van der Waals surface area contributed by atoms with Crippen LogP contribution in [0, 0.1) is 10.1 Å². The Morgan fingerprint density at radius 1 is 1.25 bits per heavy atom. The lowest BCUT2D eigenvalue weighted by Crippen LogP contribution is -2.37. The first-order valence-electron chi connectivity index (χ1n) is 7.00. The summed E-state index contributed by atoms with van der Waals surface area (Å²) in [6, 6.07) is 6.69. The maximum absolute atomic E-state index is 10.5. The molecule has 110 valence electrons. The zero-order valence-corrected chi connectivity index (χ0v) is 11.6. The molecule has 0 aliphatic carbocycles. The van der Waals surface area contributed by atoms with Crippen molar-refractivity contribution in [2.45, 2.75) is 13.0 Å². The first-order valence-corrected chi connectivity index (χ1v) is 7.00. The molecule has 6 heteroatoms. The van der Waals surface area contributed by atoms with Gasteiger partial charge in [-0.25, -0.2) is 0 Å². The maximum atomic E-state index is 10.5. The standard InChI is InChI=1S/C14H21N3O3/c18-17(19)14-4-2-13(3-5-14)12-15-6-1-7-16-8-10-20-11-9-16/h2-5,15H,1,6-12H2. The normalized spacial score (nSPS) is 16.2. The van der Waals surface area contributed by atoms with Crippen LogP contribution in [0.2, 0.25) is 0 Å². The number of benzene rings is 1. The zero-order chi connectivity index (χ0) is 14.2. The van der Waals surface area contributed by atoms with E-state index < -0.39 is 0 Å². The van der Waals surface area contributed by atoms with Crippen LogP contribution in [0.15, 0.2) is 24.3 Å². The lowest BCUT2D eigenvalue weighted by Gasteiger charge is -2.26. The predicted molar refractivity (Wildman–Crippen MR) is 76.7 cm³/mol. The molecule has 0 aromatic heterocycles. The largest absolute Gasteiger partial charge is 0.379 e. The number of nitro groups is 1. The Balaban J connectivity index is 1.59. The zero-order valence-electron chi connectivity index (χ0n) is 11.6. The van der Waals surface area contributed by atoms with Gasteiger partial charge >= 0.3 is 0 Å². The van der Waals surface area contributed by atoms with Gasteiger partial charge in [0.05, 0.1) is 18.1 Å². The summed E-state index contributed by atoms with van der Waals surface area (Å²) in [6.45, 7) is 6.54. The summed E-state index contributed by atoms with van der Waals surface area (Å²) in [5.74, 6) is 0. The van der Waals surface area contributed by atoms with Crippen molar-refractivity contribution in [3.05, 3.63) is 39.9 Å². The lowest BCUT2D eigenvalue weighted by molar-refractivity contribution is -0.384. The number of nitrogens with zero attached hydrogens (tertiary/aromatic N) is 2. The van der Waals surface area contributed by atoms with Crippen molar-refractivity contribution in [2.24, 2.45) is 0 Å². The van der Waals surface area contributed by atoms with Gasteiger partial charge in [0.15, 0.2) is 0 Å². The highest BCUT2D eigenvalue weighted by atomic mass is 16.6. The van der Waals surface area contributed by atoms with E-state index in [2.05, 4.69) is 10.2 Å². The lowest BCUT2D eigenvalue weighted by atomic mass is 10.2. The van der Waals surface area contributed by atoms with Crippen LogP contribution in [0.25, 0.3) is 0 Å². The molecule has 1 fully saturated rings. The second kappa shape index (κ2) is 7.94. The van der Waals surface area contributed by atoms with Gasteiger partial charge in [-0.05, 0) is 25.1 Å². The summed E-state index contributed by atoms with van der Waals surface area (Å²) in [5, 5.41) is 13.9. The quantitative estimate of drug-likeness (QED) is 0.464. The molecule has 1 aliphatic heterocycles. The molecule has 20 heavy (non-hydrogen) atoms. The third-order valence-electron chi connectivity index (χ3n) is 3.41. The van der Waals surface area contributed by atoms with Crippen LogP contribution in [0.5, 0.6) is 0 Å². The van der Waals surface area contributed by atoms with E-state index in [1.54, 1.807) is 24.3 Å². The molecule has 1 aliphatic rings. The number of rotatable bonds is 7. The number of hydrogen-bond acceptors (Lipinski definition) is 5. The SMILES string of the molecule is O=[N+]([O-])c1ccc(CNCCCN2CCOCC2)cc1. The van der Waals surface area contributed by atoms with Gasteiger partial charge in [0.2, 0.25) is 0 Å². The average molecular weight is 279 g/mol. The van der Waals surface area contributed by atoms with E-state index in [0.717, 1.165) is 57.9 Å². The van der Waals surface area contributed by atoms with Gasteiger partial charge in [-0.15, -0.1) is 0 Å². The number of ether oxygens (including phenoxy) is 1. The number of nitrogens with one attached hydrogen (secondary N) is 1. The second-order valence-corrected chi connectivity index (χ2v) is 4.91. The molecule has 1 heterocycles. The monoisotopic (exact) mass is 279 g/mol. The Bertz CT molecular complexity index is 416. The fraction of sp³-hybridized carbons (Fsp3) is 0.571. The van der Waals surface area contributed by atoms with E-state index in [9.17, 15) is 10.1 Å². The Hall–Kier alpha value is -1.50. The van der Waals surface area contributed by atoms with Gasteiger partial charge in [0, 0.05) is 31.8 Å². The van der Waals surface area contributed by atoms with Crippen LogP contribution in [0.3, 0.4) is 0 Å². The van der Waals surface area contributed by atoms with Gasteiger partial charge in [-0.1, -0.05) is 12.1 Å². The molecule has 0 spiro atoms. The number of non-ortho nitro benzene ring substituents is 1. The summed E-state index contributed by atoms with van der Waals surface area (Å²) in [7, 11) is 0. The number of hydrogen-bond donors (Lipinski definition) is 1. The molecule has 0 atom stereocenters. The highest BCUT2D eigenvalue weighted by molar-refractivity contribution is 5.32. The first-order chi connectivity index (χ1) is 9.75. The van der Waals surface area contributed by atoms with Crippen molar-refractivity contribution in [3.8, 4) is 0 Å². The van der Waals surface area contributed by atoms with Gasteiger partial charge in [0.1, 0.15) is 0 Å². The third-order valence-corrected chi connectivity index (χ3v) is 3.41. The molecule has 0 saturated carbocycles. The Morgan fingerprint density at radius 2 is 1.95 bits per heavy atom. The molecule has 1 aromatic carbocycles. The smallest absolute Gasteiger partial charge is 0.269 e. The second-order valence-electron chi connectivity index (χ2n) is 4.91. The molecule has 0 amide bonds. The van der Waals surface area contributed by atoms with Crippen LogP contribution in [-0.4, -0.2) is 49.2 Å². The Morgan fingerprint density at radius 3 is 2.60 bits per heavy atom. The molecule has 1 aromatic rings. The fourth-order valence-corrected chi connectivity index (χ4v) is 2.22. The summed E-state index contributed by atoms with van der Waals surface area (Å²) in [4.78, 5) is 12.6. The maximum Gasteiger partial charge on any atom is 0.269 e. The van der Waals surface area contributed by atoms with Crippen molar-refractivity contribution >= 4 is 5.69 Å². The van der Waals surface area contributed by atoms with Crippen LogP contribution < -0.4 is 5.32 Å². The summed E-state index contributed by atoms with van der Waals surface area (Å²) >= 11 is 0. The highest BCUT2D eigenvalue weighted by Crippen LogP contribution is 2.11. The number of morpholine rings is 1. The van der Waals surface area contributed by atoms with Crippen molar-refractivity contribution in [2.75, 3.05) is 39.4 Å². The molecular weight excluding hydrogens is 258 g/mol. The fourth-order valence-electron chi connectivity index (χ4n) is 2.22. The van der Waals surface area contributed by atoms with Gasteiger partial charge in [0.25, 0.3) is 5.69 Å². The summed E-state index contributed by atoms with van der Waals surface area (Å²) in [6.07, 6.45) is 1.10. The Labute approximate surface area is 118 Å². The van der Waals surface area contributed by atoms with E-state index >= 15 is 0 Å². The molecule has 6 nitrogen and oxygen atoms in total. The minimum absolute atomic E-state index is 0.140. The minimum Gasteiger partial charge on any atom is -0.379 e. The molecule has 0 bridgehead atoms. The van der Waals surface area contributed by atoms with E-state index in [1.165, 1.54) is 0 Å². The van der Waals surface area contributed by atoms with Gasteiger partial charge in [-0.3, -0.25) is 15.0 Å². The van der Waals surface area contributed by atoms with Crippen molar-refractivity contribution < 1.29 is 9.66 Å². The van der Waals surface area contributed by atoms with E-state index in [4.69, 9.17) is 4.74 Å². The van der Waals surface area contributed by atoms with Gasteiger partial charge in [-0.2, -0.15) is 0 Å². The summed E-state index contributed by atoms with van der Waals surface area (Å²) in [5.41, 5.74) is 1.21. The van der Waals surface area contributed by atoms with Crippen LogP contribution in [0.4, 0.5) is 5.69 Å². The third kappa shape index (κ3) is 4.88. The average Bonchev–Trinajstić information content (AvgIpc) is 2.48. The molecule has 0 unspecified atom stereocenters. The summed E-state index contributed by atoms with van der Waals surface area (Å²) < 4.78 is 5.31. The van der Waals surface area contributed by atoms with Crippen LogP contribution >= 0.6 is 0 Å². The molecule has 2 rings (SSSR count). The highest BCUT2D eigenvalue weighted by Gasteiger charge is 2.09. The Kier molecular flexibility index (Phi) is 5.91. The van der Waals surface area contributed by atoms with Gasteiger partial charge < -0.3 is 10.1 Å².